The van der Waals surface area contributed by atoms with Gasteiger partial charge in [0.15, 0.2) is 0 Å². The van der Waals surface area contributed by atoms with Crippen molar-refractivity contribution in [1.29, 1.82) is 0 Å². The molecule has 17 heavy (non-hydrogen) atoms. The third-order valence-electron chi connectivity index (χ3n) is 2.49. The molecule has 1 unspecified atom stereocenters. The largest absolute Gasteiger partial charge is 0.307 e. The molecule has 2 rings (SSSR count). The standard InChI is InChI=1S/C13H13BrN2O/c1-2-10(14)11-8-12(17)16-13(15-11)9-6-4-3-5-7-9/h3-8,10H,2H2,1H3,(H,15,16,17). The van der Waals surface area contributed by atoms with Gasteiger partial charge in [0.1, 0.15) is 5.82 Å². The highest BCUT2D eigenvalue weighted by Gasteiger charge is 2.09. The molecular formula is C13H13BrN2O. The van der Waals surface area contributed by atoms with Gasteiger partial charge in [-0.1, -0.05) is 53.2 Å². The number of benzene rings is 1. The molecule has 0 saturated carbocycles. The van der Waals surface area contributed by atoms with Gasteiger partial charge in [0, 0.05) is 11.6 Å². The predicted octanol–water partition coefficient (Wildman–Crippen LogP) is 3.28. The lowest BCUT2D eigenvalue weighted by molar-refractivity contribution is 0.861. The van der Waals surface area contributed by atoms with Crippen molar-refractivity contribution >= 4 is 15.9 Å². The average molecular weight is 293 g/mol. The maximum absolute atomic E-state index is 11.6. The molecule has 0 amide bonds. The zero-order valence-electron chi connectivity index (χ0n) is 9.48. The van der Waals surface area contributed by atoms with Crippen LogP contribution in [0.2, 0.25) is 0 Å². The lowest BCUT2D eigenvalue weighted by Gasteiger charge is -2.07. The first-order valence-corrected chi connectivity index (χ1v) is 6.43. The van der Waals surface area contributed by atoms with Crippen LogP contribution in [0.25, 0.3) is 11.4 Å². The van der Waals surface area contributed by atoms with Crippen LogP contribution in [0.5, 0.6) is 0 Å². The first kappa shape index (κ1) is 12.0. The van der Waals surface area contributed by atoms with Crippen LogP contribution in [0.15, 0.2) is 41.2 Å². The van der Waals surface area contributed by atoms with Gasteiger partial charge in [-0.15, -0.1) is 0 Å². The van der Waals surface area contributed by atoms with E-state index in [9.17, 15) is 4.79 Å². The zero-order chi connectivity index (χ0) is 12.3. The van der Waals surface area contributed by atoms with E-state index < -0.39 is 0 Å². The van der Waals surface area contributed by atoms with Crippen molar-refractivity contribution in [1.82, 2.24) is 9.97 Å². The van der Waals surface area contributed by atoms with Gasteiger partial charge in [-0.2, -0.15) is 0 Å². The second kappa shape index (κ2) is 5.27. The van der Waals surface area contributed by atoms with Gasteiger partial charge in [0.05, 0.1) is 10.5 Å². The third-order valence-corrected chi connectivity index (χ3v) is 3.60. The van der Waals surface area contributed by atoms with Gasteiger partial charge in [-0.05, 0) is 6.42 Å². The first-order valence-electron chi connectivity index (χ1n) is 5.51. The van der Waals surface area contributed by atoms with Gasteiger partial charge >= 0.3 is 0 Å². The number of hydrogen-bond acceptors (Lipinski definition) is 2. The van der Waals surface area contributed by atoms with Crippen LogP contribution < -0.4 is 5.56 Å². The molecule has 0 aliphatic heterocycles. The summed E-state index contributed by atoms with van der Waals surface area (Å²) in [6.45, 7) is 2.05. The van der Waals surface area contributed by atoms with Crippen molar-refractivity contribution in [2.45, 2.75) is 18.2 Å². The minimum absolute atomic E-state index is 0.118. The summed E-state index contributed by atoms with van der Waals surface area (Å²) in [5.74, 6) is 0.617. The quantitative estimate of drug-likeness (QED) is 0.883. The molecule has 1 aromatic heterocycles. The van der Waals surface area contributed by atoms with Crippen LogP contribution in [0, 0.1) is 0 Å². The van der Waals surface area contributed by atoms with Gasteiger partial charge in [-0.25, -0.2) is 4.98 Å². The van der Waals surface area contributed by atoms with E-state index in [1.165, 1.54) is 6.07 Å². The number of H-pyrrole nitrogens is 1. The fourth-order valence-corrected chi connectivity index (χ4v) is 1.81. The molecule has 1 heterocycles. The molecule has 0 saturated heterocycles. The molecule has 88 valence electrons. The minimum atomic E-state index is -0.119. The molecule has 1 N–H and O–H groups in total. The number of aromatic amines is 1. The number of nitrogens with zero attached hydrogens (tertiary/aromatic N) is 1. The molecule has 0 fully saturated rings. The molecule has 0 bridgehead atoms. The van der Waals surface area contributed by atoms with Crippen LogP contribution in [0.3, 0.4) is 0 Å². The molecule has 1 aromatic carbocycles. The fourth-order valence-electron chi connectivity index (χ4n) is 1.58. The average Bonchev–Trinajstić information content (AvgIpc) is 2.38. The number of rotatable bonds is 3. The maximum Gasteiger partial charge on any atom is 0.251 e. The molecule has 2 aromatic rings. The molecule has 4 heteroatoms. The van der Waals surface area contributed by atoms with Crippen LogP contribution in [-0.2, 0) is 0 Å². The van der Waals surface area contributed by atoms with E-state index in [0.29, 0.717) is 5.82 Å². The number of halogens is 1. The number of alkyl halides is 1. The SMILES string of the molecule is CCC(Br)c1cc(=O)[nH]c(-c2ccccc2)n1. The van der Waals surface area contributed by atoms with Crippen LogP contribution >= 0.6 is 15.9 Å². The number of nitrogens with one attached hydrogen (secondary N) is 1. The van der Waals surface area contributed by atoms with E-state index in [0.717, 1.165) is 17.7 Å². The summed E-state index contributed by atoms with van der Waals surface area (Å²) >= 11 is 3.51. The Labute approximate surface area is 108 Å². The summed E-state index contributed by atoms with van der Waals surface area (Å²) in [5, 5.41) is 0. The summed E-state index contributed by atoms with van der Waals surface area (Å²) in [5.41, 5.74) is 1.57. The van der Waals surface area contributed by atoms with Crippen LogP contribution in [-0.4, -0.2) is 9.97 Å². The molecule has 0 aliphatic rings. The second-order valence-electron chi connectivity index (χ2n) is 3.76. The molecule has 0 spiro atoms. The molecule has 1 atom stereocenters. The Morgan fingerprint density at radius 2 is 2.06 bits per heavy atom. The van der Waals surface area contributed by atoms with E-state index in [1.54, 1.807) is 0 Å². The van der Waals surface area contributed by atoms with E-state index >= 15 is 0 Å². The molecular weight excluding hydrogens is 280 g/mol. The Morgan fingerprint density at radius 1 is 1.35 bits per heavy atom. The van der Waals surface area contributed by atoms with Crippen LogP contribution in [0.1, 0.15) is 23.9 Å². The number of aromatic nitrogens is 2. The van der Waals surface area contributed by atoms with E-state index in [-0.39, 0.29) is 10.4 Å². The summed E-state index contributed by atoms with van der Waals surface area (Å²) in [7, 11) is 0. The maximum atomic E-state index is 11.6. The highest BCUT2D eigenvalue weighted by atomic mass is 79.9. The zero-order valence-corrected chi connectivity index (χ0v) is 11.1. The summed E-state index contributed by atoms with van der Waals surface area (Å²) in [6, 6.07) is 11.2. The van der Waals surface area contributed by atoms with E-state index in [4.69, 9.17) is 0 Å². The summed E-state index contributed by atoms with van der Waals surface area (Å²) in [4.78, 5) is 18.9. The Morgan fingerprint density at radius 3 is 2.71 bits per heavy atom. The van der Waals surface area contributed by atoms with Crippen molar-refractivity contribution in [3.8, 4) is 11.4 Å². The topological polar surface area (TPSA) is 45.8 Å². The van der Waals surface area contributed by atoms with Gasteiger partial charge in [-0.3, -0.25) is 4.79 Å². The van der Waals surface area contributed by atoms with Gasteiger partial charge in [0.2, 0.25) is 0 Å². The first-order chi connectivity index (χ1) is 8.20. The van der Waals surface area contributed by atoms with E-state index in [2.05, 4.69) is 25.9 Å². The normalized spacial score (nSPS) is 12.4. The van der Waals surface area contributed by atoms with Crippen molar-refractivity contribution in [2.24, 2.45) is 0 Å². The van der Waals surface area contributed by atoms with Crippen molar-refractivity contribution in [3.63, 3.8) is 0 Å². The summed E-state index contributed by atoms with van der Waals surface area (Å²) in [6.07, 6.45) is 0.894. The lowest BCUT2D eigenvalue weighted by Crippen LogP contribution is -2.11. The van der Waals surface area contributed by atoms with Crippen molar-refractivity contribution < 1.29 is 0 Å². The predicted molar refractivity (Wildman–Crippen MR) is 72.3 cm³/mol. The Bertz CT molecular complexity index is 551. The number of hydrogen-bond donors (Lipinski definition) is 1. The third kappa shape index (κ3) is 2.82. The highest BCUT2D eigenvalue weighted by molar-refractivity contribution is 9.09. The lowest BCUT2D eigenvalue weighted by atomic mass is 10.2. The molecule has 0 radical (unpaired) electrons. The van der Waals surface area contributed by atoms with Gasteiger partial charge in [0.25, 0.3) is 5.56 Å². The monoisotopic (exact) mass is 292 g/mol. The minimum Gasteiger partial charge on any atom is -0.307 e. The summed E-state index contributed by atoms with van der Waals surface area (Å²) < 4.78 is 0. The molecule has 3 nitrogen and oxygen atoms in total. The van der Waals surface area contributed by atoms with Gasteiger partial charge < -0.3 is 4.98 Å². The second-order valence-corrected chi connectivity index (χ2v) is 4.87. The van der Waals surface area contributed by atoms with Crippen LogP contribution in [0.4, 0.5) is 0 Å². The van der Waals surface area contributed by atoms with Crippen molar-refractivity contribution in [3.05, 3.63) is 52.4 Å². The highest BCUT2D eigenvalue weighted by Crippen LogP contribution is 2.24. The fraction of sp³-hybridized carbons (Fsp3) is 0.231. The van der Waals surface area contributed by atoms with E-state index in [1.807, 2.05) is 37.3 Å². The smallest absolute Gasteiger partial charge is 0.251 e. The Balaban J connectivity index is 2.49. The molecule has 0 aliphatic carbocycles. The van der Waals surface area contributed by atoms with Crippen molar-refractivity contribution in [2.75, 3.05) is 0 Å². The Hall–Kier alpha value is -1.42. The Kier molecular flexibility index (Phi) is 3.74.